The Labute approximate surface area is 719 Å². The molecule has 0 amide bonds. The van der Waals surface area contributed by atoms with E-state index in [1.165, 1.54) is 242 Å². The Balaban J connectivity index is 0.000000151. The van der Waals surface area contributed by atoms with Gasteiger partial charge in [-0.05, 0) is 398 Å². The summed E-state index contributed by atoms with van der Waals surface area (Å²) in [6.45, 7) is 6.50. The SMILES string of the molecule is Brc1ccc2c(c1)C(CCCCc1ccc3c(c1)CC3)(CCCCc1ccc3c(c1)CC3)c1cc(Br)ccc1-2.Cc1cccc(N(c2ccccc2)c2ccc3c(c2)C(CCCCc2ccc4c(c2)CC4)(CCCCc2ccc4c(c2)CC4)c2cc(N(c4ccccc4)c4cccc(C)c4)ccc2-3)c1.Cc1cccc(Nc2ccccc2)c1. The van der Waals surface area contributed by atoms with Crippen LogP contribution in [-0.2, 0) is 87.9 Å². The van der Waals surface area contributed by atoms with Crippen molar-refractivity contribution >= 4 is 77.4 Å². The first kappa shape index (κ1) is 78.6. The van der Waals surface area contributed by atoms with E-state index in [4.69, 9.17) is 0 Å². The predicted octanol–water partition coefficient (Wildman–Crippen LogP) is 30.8. The van der Waals surface area contributed by atoms with Crippen LogP contribution in [0.4, 0.5) is 45.5 Å². The van der Waals surface area contributed by atoms with Crippen LogP contribution in [0.3, 0.4) is 0 Å². The fourth-order valence-corrected chi connectivity index (χ4v) is 20.9. The molecule has 590 valence electrons. The number of aryl methyl sites for hydroxylation is 15. The average Bonchev–Trinajstić information content (AvgIpc) is 1.56. The third kappa shape index (κ3) is 17.1. The summed E-state index contributed by atoms with van der Waals surface area (Å²) in [4.78, 5) is 4.94. The van der Waals surface area contributed by atoms with Gasteiger partial charge in [0, 0.05) is 65.3 Å². The number of anilines is 8. The van der Waals surface area contributed by atoms with Crippen molar-refractivity contribution in [2.75, 3.05) is 15.1 Å². The Hall–Kier alpha value is -10.6. The Bertz CT molecular complexity index is 5600. The number of fused-ring (bicyclic) bond motifs is 10. The molecule has 14 aromatic rings. The van der Waals surface area contributed by atoms with E-state index in [1.807, 2.05) is 18.2 Å². The van der Waals surface area contributed by atoms with Crippen LogP contribution in [0.1, 0.15) is 183 Å². The lowest BCUT2D eigenvalue weighted by Crippen LogP contribution is -2.26. The van der Waals surface area contributed by atoms with E-state index < -0.39 is 0 Å². The lowest BCUT2D eigenvalue weighted by atomic mass is 9.70. The van der Waals surface area contributed by atoms with Gasteiger partial charge in [0.1, 0.15) is 0 Å². The molecule has 14 aromatic carbocycles. The zero-order valence-electron chi connectivity index (χ0n) is 69.1. The molecule has 118 heavy (non-hydrogen) atoms. The molecule has 0 spiro atoms. The third-order valence-electron chi connectivity index (χ3n) is 26.8. The summed E-state index contributed by atoms with van der Waals surface area (Å²) >= 11 is 7.66. The monoisotopic (exact) mass is 1670 g/mol. The van der Waals surface area contributed by atoms with Gasteiger partial charge in [0.2, 0.25) is 0 Å². The molecule has 3 nitrogen and oxygen atoms in total. The van der Waals surface area contributed by atoms with E-state index in [1.54, 1.807) is 44.5 Å². The van der Waals surface area contributed by atoms with Crippen LogP contribution in [-0.4, -0.2) is 0 Å². The minimum absolute atomic E-state index is 0.0825. The van der Waals surface area contributed by atoms with Gasteiger partial charge in [-0.2, -0.15) is 0 Å². The van der Waals surface area contributed by atoms with E-state index >= 15 is 0 Å². The third-order valence-corrected chi connectivity index (χ3v) is 27.8. The molecular weight excluding hydrogens is 1560 g/mol. The molecule has 0 heterocycles. The second kappa shape index (κ2) is 35.6. The van der Waals surface area contributed by atoms with E-state index in [9.17, 15) is 0 Å². The molecule has 0 fully saturated rings. The fourth-order valence-electron chi connectivity index (χ4n) is 20.1. The lowest BCUT2D eigenvalue weighted by molar-refractivity contribution is 0.407. The van der Waals surface area contributed by atoms with Crippen molar-refractivity contribution in [1.82, 2.24) is 0 Å². The highest BCUT2D eigenvalue weighted by atomic mass is 79.9. The van der Waals surface area contributed by atoms with Crippen LogP contribution in [0.15, 0.2) is 318 Å². The maximum atomic E-state index is 3.83. The van der Waals surface area contributed by atoms with Gasteiger partial charge in [-0.3, -0.25) is 0 Å². The fraction of sp³-hybridized carbons (Fsp3) is 0.257. The van der Waals surface area contributed by atoms with Crippen molar-refractivity contribution in [2.45, 2.75) is 186 Å². The van der Waals surface area contributed by atoms with Crippen LogP contribution in [0.2, 0.25) is 0 Å². The molecule has 0 saturated carbocycles. The number of nitrogens with one attached hydrogen (secondary N) is 1. The molecule has 6 aliphatic carbocycles. The smallest absolute Gasteiger partial charge is 0.0465 e. The van der Waals surface area contributed by atoms with Gasteiger partial charge in [0.25, 0.3) is 0 Å². The summed E-state index contributed by atoms with van der Waals surface area (Å²) in [7, 11) is 0. The van der Waals surface area contributed by atoms with Gasteiger partial charge in [-0.15, -0.1) is 0 Å². The summed E-state index contributed by atoms with van der Waals surface area (Å²) in [6.07, 6.45) is 29.0. The molecule has 0 radical (unpaired) electrons. The number of nitrogens with zero attached hydrogens (tertiary/aromatic N) is 2. The topological polar surface area (TPSA) is 18.5 Å². The number of halogens is 2. The van der Waals surface area contributed by atoms with Crippen molar-refractivity contribution in [2.24, 2.45) is 0 Å². The van der Waals surface area contributed by atoms with Gasteiger partial charge in [0.15, 0.2) is 0 Å². The van der Waals surface area contributed by atoms with Crippen molar-refractivity contribution < 1.29 is 0 Å². The zero-order chi connectivity index (χ0) is 79.9. The molecule has 0 aliphatic heterocycles. The summed E-state index contributed by atoms with van der Waals surface area (Å²) in [6, 6.07) is 116. The van der Waals surface area contributed by atoms with Crippen molar-refractivity contribution in [1.29, 1.82) is 0 Å². The number of hydrogen-bond donors (Lipinski definition) is 1. The van der Waals surface area contributed by atoms with Crippen LogP contribution in [0.5, 0.6) is 0 Å². The van der Waals surface area contributed by atoms with E-state index in [-0.39, 0.29) is 10.8 Å². The summed E-state index contributed by atoms with van der Waals surface area (Å²) in [5.74, 6) is 0. The second-order valence-corrected chi connectivity index (χ2v) is 36.5. The first-order valence-electron chi connectivity index (χ1n) is 44.0. The molecule has 6 aliphatic rings. The lowest BCUT2D eigenvalue weighted by Gasteiger charge is -2.35. The Morgan fingerprint density at radius 1 is 0.246 bits per heavy atom. The molecule has 1 N–H and O–H groups in total. The second-order valence-electron chi connectivity index (χ2n) is 34.6. The minimum Gasteiger partial charge on any atom is -0.356 e. The van der Waals surface area contributed by atoms with Gasteiger partial charge >= 0.3 is 0 Å². The molecule has 5 heteroatoms. The van der Waals surface area contributed by atoms with Crippen LogP contribution in [0, 0.1) is 20.8 Å². The molecule has 0 saturated heterocycles. The first-order valence-corrected chi connectivity index (χ1v) is 45.6. The standard InChI is InChI=1S/C63H60N2.C37H36Br2.C13H13N/c1-45-15-13-23-55(39-45)64(53-19-5-3-6-20-53)57-33-35-59-60-36-34-58(65(54-21-7-4-8-22-54)56-24-14-16-46(2)40-56)44-62(60)63(61(59)43-57,37-11-9-17-47-25-27-49-29-31-51(49)41-47)38-12-10-18-48-26-28-50-30-32-52(50)42-48;38-31-15-17-33-34-18-16-32(39)24-36(34)37(35(33)23-31,19-3-1-5-25-7-9-27-11-13-29(27)21-25)20-4-2-6-26-8-10-28-12-14-30(28)22-26;1-11-6-5-9-13(10-11)14-12-7-3-2-4-8-12/h3-8,13-16,19-28,33-36,39-44H,9-12,17-18,29-32,37-38H2,1-2H3;7-10,15-18,21-24H,1-6,11-14,19-20H2;2-10,14H,1H3. The summed E-state index contributed by atoms with van der Waals surface area (Å²) < 4.78 is 2.39. The molecule has 0 unspecified atom stereocenters. The Morgan fingerprint density at radius 2 is 0.542 bits per heavy atom. The maximum absolute atomic E-state index is 3.83. The first-order chi connectivity index (χ1) is 57.9. The van der Waals surface area contributed by atoms with Crippen LogP contribution < -0.4 is 15.1 Å². The maximum Gasteiger partial charge on any atom is 0.0465 e. The van der Waals surface area contributed by atoms with Gasteiger partial charge in [-0.25, -0.2) is 0 Å². The molecule has 0 bridgehead atoms. The van der Waals surface area contributed by atoms with Crippen molar-refractivity contribution in [3.8, 4) is 22.3 Å². The normalized spacial score (nSPS) is 13.9. The Morgan fingerprint density at radius 3 is 0.873 bits per heavy atom. The van der Waals surface area contributed by atoms with Gasteiger partial charge < -0.3 is 15.1 Å². The average molecular weight is 1670 g/mol. The molecule has 0 aromatic heterocycles. The quantitative estimate of drug-likeness (QED) is 0.0493. The number of benzene rings is 14. The number of rotatable bonds is 28. The van der Waals surface area contributed by atoms with E-state index in [0.717, 1.165) is 49.9 Å². The predicted molar refractivity (Wildman–Crippen MR) is 506 cm³/mol. The summed E-state index contributed by atoms with van der Waals surface area (Å²) in [5.41, 5.74) is 43.4. The number of para-hydroxylation sites is 3. The van der Waals surface area contributed by atoms with Crippen LogP contribution in [0.25, 0.3) is 22.3 Å². The molecular formula is C113H109Br2N3. The van der Waals surface area contributed by atoms with E-state index in [0.29, 0.717) is 0 Å². The number of unbranched alkanes of at least 4 members (excludes halogenated alkanes) is 4. The largest absolute Gasteiger partial charge is 0.356 e. The zero-order valence-corrected chi connectivity index (χ0v) is 72.2. The minimum atomic E-state index is -0.165. The van der Waals surface area contributed by atoms with E-state index in [2.05, 4.69) is 359 Å². The van der Waals surface area contributed by atoms with Crippen molar-refractivity contribution in [3.63, 3.8) is 0 Å². The molecule has 20 rings (SSSR count). The molecule has 0 atom stereocenters. The Kier molecular flexibility index (Phi) is 23.7. The van der Waals surface area contributed by atoms with Crippen LogP contribution >= 0.6 is 31.9 Å². The highest BCUT2D eigenvalue weighted by Gasteiger charge is 2.45. The highest BCUT2D eigenvalue weighted by Crippen LogP contribution is 2.59. The van der Waals surface area contributed by atoms with Gasteiger partial charge in [0.05, 0.1) is 0 Å². The van der Waals surface area contributed by atoms with Gasteiger partial charge in [-0.1, -0.05) is 246 Å². The highest BCUT2D eigenvalue weighted by molar-refractivity contribution is 9.10. The van der Waals surface area contributed by atoms with Crippen molar-refractivity contribution in [3.05, 3.63) is 424 Å². The summed E-state index contributed by atoms with van der Waals surface area (Å²) in [5, 5.41) is 3.34. The number of hydrogen-bond acceptors (Lipinski definition) is 3.